The first-order valence-corrected chi connectivity index (χ1v) is 9.21. The van der Waals surface area contributed by atoms with Crippen molar-refractivity contribution >= 4 is 17.3 Å². The quantitative estimate of drug-likeness (QED) is 0.499. The Balaban J connectivity index is 1.46. The molecule has 1 saturated heterocycles. The Morgan fingerprint density at radius 1 is 1.40 bits per heavy atom. The number of aromatic nitrogens is 1. The second-order valence-electron chi connectivity index (χ2n) is 6.16. The van der Waals surface area contributed by atoms with Gasteiger partial charge in [-0.25, -0.2) is 4.98 Å². The zero-order chi connectivity index (χ0) is 17.9. The van der Waals surface area contributed by atoms with Crippen LogP contribution in [-0.2, 0) is 12.6 Å². The molecule has 2 aliphatic rings. The van der Waals surface area contributed by atoms with Crippen LogP contribution in [0.25, 0.3) is 0 Å². The molecule has 0 radical (unpaired) electrons. The molecule has 5 nitrogen and oxygen atoms in total. The summed E-state index contributed by atoms with van der Waals surface area (Å²) in [5, 5.41) is 4.80. The third-order valence-corrected chi connectivity index (χ3v) is 5.41. The number of nitrogens with one attached hydrogen (secondary N) is 1. The summed E-state index contributed by atoms with van der Waals surface area (Å²) >= 11 is 1.05. The molecule has 0 spiro atoms. The van der Waals surface area contributed by atoms with E-state index in [2.05, 4.69) is 37.2 Å². The predicted octanol–water partition coefficient (Wildman–Crippen LogP) is 2.23. The Bertz CT molecular complexity index is 632. The molecule has 9 heteroatoms. The molecule has 2 aliphatic heterocycles. The van der Waals surface area contributed by atoms with Gasteiger partial charge in [-0.1, -0.05) is 12.2 Å². The number of guanidine groups is 1. The van der Waals surface area contributed by atoms with Crippen LogP contribution in [0.15, 0.2) is 22.5 Å². The molecular weight excluding hydrogens is 351 g/mol. The van der Waals surface area contributed by atoms with Crippen LogP contribution in [-0.4, -0.2) is 66.6 Å². The molecule has 1 fully saturated rings. The van der Waals surface area contributed by atoms with E-state index in [1.54, 1.807) is 7.05 Å². The van der Waals surface area contributed by atoms with Gasteiger partial charge in [-0.2, -0.15) is 13.2 Å². The summed E-state index contributed by atoms with van der Waals surface area (Å²) in [7, 11) is 1.73. The van der Waals surface area contributed by atoms with Gasteiger partial charge in [0.15, 0.2) is 11.7 Å². The number of nitrogens with zero attached hydrogens (tertiary/aromatic N) is 4. The lowest BCUT2D eigenvalue weighted by Gasteiger charge is -2.25. The summed E-state index contributed by atoms with van der Waals surface area (Å²) in [6.45, 7) is 4.41. The molecule has 0 aromatic carbocycles. The van der Waals surface area contributed by atoms with E-state index in [0.29, 0.717) is 24.0 Å². The number of hydrogen-bond donors (Lipinski definition) is 1. The van der Waals surface area contributed by atoms with Crippen LogP contribution in [0.4, 0.5) is 13.2 Å². The lowest BCUT2D eigenvalue weighted by atomic mass is 10.2. The molecule has 1 unspecified atom stereocenters. The molecule has 0 bridgehead atoms. The van der Waals surface area contributed by atoms with Gasteiger partial charge in [0.05, 0.1) is 5.01 Å². The van der Waals surface area contributed by atoms with E-state index in [-0.39, 0.29) is 0 Å². The Morgan fingerprint density at radius 2 is 2.16 bits per heavy atom. The van der Waals surface area contributed by atoms with Crippen molar-refractivity contribution in [3.63, 3.8) is 0 Å². The molecular formula is C16H22F3N5S. The van der Waals surface area contributed by atoms with Gasteiger partial charge in [0, 0.05) is 57.6 Å². The monoisotopic (exact) mass is 373 g/mol. The maximum atomic E-state index is 12.6. The average Bonchev–Trinajstić information content (AvgIpc) is 3.31. The van der Waals surface area contributed by atoms with Gasteiger partial charge in [-0.3, -0.25) is 9.89 Å². The Morgan fingerprint density at radius 3 is 2.80 bits per heavy atom. The molecule has 1 atom stereocenters. The zero-order valence-electron chi connectivity index (χ0n) is 14.1. The smallest absolute Gasteiger partial charge is 0.356 e. The van der Waals surface area contributed by atoms with Crippen LogP contribution in [0.1, 0.15) is 17.1 Å². The number of rotatable bonds is 4. The van der Waals surface area contributed by atoms with Crippen LogP contribution in [0.5, 0.6) is 0 Å². The maximum Gasteiger partial charge on any atom is 0.434 e. The van der Waals surface area contributed by atoms with Crippen molar-refractivity contribution in [1.29, 1.82) is 0 Å². The highest BCUT2D eigenvalue weighted by molar-refractivity contribution is 7.09. The number of halogens is 3. The zero-order valence-corrected chi connectivity index (χ0v) is 14.9. The maximum absolute atomic E-state index is 12.6. The molecule has 3 rings (SSSR count). The topological polar surface area (TPSA) is 43.8 Å². The number of alkyl halides is 3. The van der Waals surface area contributed by atoms with E-state index in [1.165, 1.54) is 0 Å². The Kier molecular flexibility index (Phi) is 5.63. The average molecular weight is 373 g/mol. The predicted molar refractivity (Wildman–Crippen MR) is 92.9 cm³/mol. The van der Waals surface area contributed by atoms with Crippen LogP contribution >= 0.6 is 11.3 Å². The van der Waals surface area contributed by atoms with Gasteiger partial charge in [-0.05, 0) is 6.42 Å². The molecule has 0 aliphatic carbocycles. The summed E-state index contributed by atoms with van der Waals surface area (Å²) in [6.07, 6.45) is 1.57. The molecule has 1 N–H and O–H groups in total. The minimum atomic E-state index is -4.37. The highest BCUT2D eigenvalue weighted by Gasteiger charge is 2.33. The lowest BCUT2D eigenvalue weighted by Crippen LogP contribution is -2.43. The van der Waals surface area contributed by atoms with Crippen LogP contribution in [0.2, 0.25) is 0 Å². The molecule has 1 aromatic heterocycles. The highest BCUT2D eigenvalue weighted by Crippen LogP contribution is 2.30. The van der Waals surface area contributed by atoms with Gasteiger partial charge >= 0.3 is 6.18 Å². The van der Waals surface area contributed by atoms with Gasteiger partial charge in [-0.15, -0.1) is 11.3 Å². The van der Waals surface area contributed by atoms with E-state index in [9.17, 15) is 13.2 Å². The van der Waals surface area contributed by atoms with Crippen molar-refractivity contribution < 1.29 is 13.2 Å². The molecule has 1 aromatic rings. The molecule has 25 heavy (non-hydrogen) atoms. The van der Waals surface area contributed by atoms with Crippen LogP contribution < -0.4 is 5.32 Å². The van der Waals surface area contributed by atoms with E-state index < -0.39 is 11.9 Å². The summed E-state index contributed by atoms with van der Waals surface area (Å²) in [6, 6.07) is 0.529. The van der Waals surface area contributed by atoms with Gasteiger partial charge in [0.25, 0.3) is 0 Å². The number of aliphatic imine (C=N–C) groups is 1. The normalized spacial score (nSPS) is 22.2. The fourth-order valence-electron chi connectivity index (χ4n) is 3.19. The van der Waals surface area contributed by atoms with E-state index in [0.717, 1.165) is 55.3 Å². The third kappa shape index (κ3) is 4.52. The van der Waals surface area contributed by atoms with Crippen molar-refractivity contribution in [2.75, 3.05) is 39.8 Å². The van der Waals surface area contributed by atoms with E-state index in [1.807, 2.05) is 0 Å². The van der Waals surface area contributed by atoms with Gasteiger partial charge < -0.3 is 10.2 Å². The molecule has 138 valence electrons. The number of thiazole rings is 1. The lowest BCUT2D eigenvalue weighted by molar-refractivity contribution is -0.140. The standard InChI is InChI=1S/C16H22F3N5S/c1-20-15(24-9-5-12(10-24)23-7-2-3-8-23)21-6-4-14-22-13(11-25-14)16(17,18)19/h2-3,11-12H,4-10H2,1H3,(H,20,21). The van der Waals surface area contributed by atoms with E-state index in [4.69, 9.17) is 0 Å². The molecule has 0 amide bonds. The van der Waals surface area contributed by atoms with E-state index >= 15 is 0 Å². The van der Waals surface area contributed by atoms with Crippen molar-refractivity contribution in [2.24, 2.45) is 4.99 Å². The summed E-state index contributed by atoms with van der Waals surface area (Å²) in [5.74, 6) is 0.808. The van der Waals surface area contributed by atoms with Crippen molar-refractivity contribution in [2.45, 2.75) is 25.1 Å². The molecule has 3 heterocycles. The second-order valence-corrected chi connectivity index (χ2v) is 7.10. The summed E-state index contributed by atoms with van der Waals surface area (Å²) in [4.78, 5) is 12.6. The van der Waals surface area contributed by atoms with Crippen LogP contribution in [0.3, 0.4) is 0 Å². The first kappa shape index (κ1) is 18.2. The minimum Gasteiger partial charge on any atom is -0.356 e. The molecule has 0 saturated carbocycles. The first-order chi connectivity index (χ1) is 12.0. The first-order valence-electron chi connectivity index (χ1n) is 8.33. The van der Waals surface area contributed by atoms with Crippen LogP contribution in [0, 0.1) is 0 Å². The van der Waals surface area contributed by atoms with Crippen molar-refractivity contribution in [3.05, 3.63) is 28.2 Å². The van der Waals surface area contributed by atoms with Crippen molar-refractivity contribution in [1.82, 2.24) is 20.1 Å². The SMILES string of the molecule is CN=C(NCCc1nc(C(F)(F)F)cs1)N1CCC(N2CC=CC2)C1. The van der Waals surface area contributed by atoms with Gasteiger partial charge in [0.1, 0.15) is 0 Å². The highest BCUT2D eigenvalue weighted by atomic mass is 32.1. The second kappa shape index (κ2) is 7.74. The number of hydrogen-bond acceptors (Lipinski definition) is 4. The largest absolute Gasteiger partial charge is 0.434 e. The summed E-state index contributed by atoms with van der Waals surface area (Å²) < 4.78 is 37.7. The Labute approximate surface area is 149 Å². The summed E-state index contributed by atoms with van der Waals surface area (Å²) in [5.41, 5.74) is -0.807. The minimum absolute atomic E-state index is 0.451. The van der Waals surface area contributed by atoms with Gasteiger partial charge in [0.2, 0.25) is 0 Å². The Hall–Kier alpha value is -1.61. The third-order valence-electron chi connectivity index (χ3n) is 4.50. The number of likely N-dealkylation sites (tertiary alicyclic amines) is 1. The van der Waals surface area contributed by atoms with Crippen molar-refractivity contribution in [3.8, 4) is 0 Å². The fraction of sp³-hybridized carbons (Fsp3) is 0.625. The fourth-order valence-corrected chi connectivity index (χ4v) is 4.00.